The fourth-order valence-electron chi connectivity index (χ4n) is 3.83. The van der Waals surface area contributed by atoms with Gasteiger partial charge < -0.3 is 14.9 Å². The second kappa shape index (κ2) is 5.02. The van der Waals surface area contributed by atoms with Crippen LogP contribution in [0.1, 0.15) is 38.5 Å². The Morgan fingerprint density at radius 2 is 1.68 bits per heavy atom. The molecule has 0 aromatic rings. The Bertz CT molecular complexity index is 377. The van der Waals surface area contributed by atoms with E-state index >= 15 is 0 Å². The molecular formula is C14H22N2O3. The van der Waals surface area contributed by atoms with Gasteiger partial charge in [-0.05, 0) is 31.6 Å². The lowest BCUT2D eigenvalue weighted by Gasteiger charge is -2.48. The van der Waals surface area contributed by atoms with Crippen molar-refractivity contribution in [3.63, 3.8) is 0 Å². The fraction of sp³-hybridized carbons (Fsp3) is 0.857. The van der Waals surface area contributed by atoms with Crippen molar-refractivity contribution in [1.29, 1.82) is 0 Å². The predicted molar refractivity (Wildman–Crippen MR) is 69.8 cm³/mol. The van der Waals surface area contributed by atoms with Gasteiger partial charge in [-0.1, -0.05) is 12.8 Å². The molecule has 3 rings (SSSR count). The van der Waals surface area contributed by atoms with Gasteiger partial charge in [0.15, 0.2) is 0 Å². The van der Waals surface area contributed by atoms with Crippen LogP contribution < -0.4 is 0 Å². The van der Waals surface area contributed by atoms with Crippen LogP contribution in [-0.4, -0.2) is 52.6 Å². The molecule has 3 aliphatic rings. The van der Waals surface area contributed by atoms with Crippen molar-refractivity contribution in [3.8, 4) is 0 Å². The summed E-state index contributed by atoms with van der Waals surface area (Å²) in [5, 5.41) is 8.88. The van der Waals surface area contributed by atoms with E-state index in [-0.39, 0.29) is 11.9 Å². The number of carboxylic acids is 1. The Morgan fingerprint density at radius 3 is 2.42 bits per heavy atom. The number of likely N-dealkylation sites (tertiary alicyclic amines) is 2. The number of hydrogen-bond donors (Lipinski definition) is 1. The van der Waals surface area contributed by atoms with Crippen molar-refractivity contribution >= 4 is 12.0 Å². The normalized spacial score (nSPS) is 31.6. The van der Waals surface area contributed by atoms with E-state index in [4.69, 9.17) is 5.11 Å². The molecule has 2 saturated heterocycles. The molecule has 0 radical (unpaired) electrons. The first-order valence-corrected chi connectivity index (χ1v) is 7.45. The van der Waals surface area contributed by atoms with Gasteiger partial charge >= 0.3 is 12.0 Å². The number of aliphatic carboxylic acids is 1. The van der Waals surface area contributed by atoms with Crippen LogP contribution in [0.25, 0.3) is 0 Å². The first kappa shape index (κ1) is 12.8. The summed E-state index contributed by atoms with van der Waals surface area (Å²) < 4.78 is 0. The van der Waals surface area contributed by atoms with Crippen molar-refractivity contribution < 1.29 is 14.7 Å². The van der Waals surface area contributed by atoms with Gasteiger partial charge in [-0.15, -0.1) is 0 Å². The first-order chi connectivity index (χ1) is 9.16. The van der Waals surface area contributed by atoms with Crippen molar-refractivity contribution in [2.45, 2.75) is 44.6 Å². The summed E-state index contributed by atoms with van der Waals surface area (Å²) in [4.78, 5) is 27.0. The number of carbonyl (C=O) groups is 2. The van der Waals surface area contributed by atoms with Gasteiger partial charge in [0.1, 0.15) is 0 Å². The third-order valence-corrected chi connectivity index (χ3v) is 4.99. The number of amides is 2. The largest absolute Gasteiger partial charge is 0.481 e. The molecule has 0 aromatic heterocycles. The highest BCUT2D eigenvalue weighted by Gasteiger charge is 2.42. The molecule has 3 fully saturated rings. The molecule has 19 heavy (non-hydrogen) atoms. The van der Waals surface area contributed by atoms with E-state index in [2.05, 4.69) is 0 Å². The number of nitrogens with zero attached hydrogens (tertiary/aromatic N) is 2. The van der Waals surface area contributed by atoms with E-state index in [0.29, 0.717) is 25.0 Å². The average molecular weight is 266 g/mol. The molecule has 5 nitrogen and oxygen atoms in total. The maximum atomic E-state index is 12.5. The zero-order chi connectivity index (χ0) is 13.4. The van der Waals surface area contributed by atoms with Crippen LogP contribution in [0, 0.1) is 11.8 Å². The minimum absolute atomic E-state index is 0.0779. The maximum absolute atomic E-state index is 12.5. The summed E-state index contributed by atoms with van der Waals surface area (Å²) in [5.41, 5.74) is 0. The van der Waals surface area contributed by atoms with Crippen LogP contribution >= 0.6 is 0 Å². The monoisotopic (exact) mass is 266 g/mol. The first-order valence-electron chi connectivity index (χ1n) is 7.45. The molecular weight excluding hydrogens is 244 g/mol. The minimum atomic E-state index is -0.779. The molecule has 5 heteroatoms. The Labute approximate surface area is 113 Å². The number of carbonyl (C=O) groups excluding carboxylic acids is 1. The standard InChI is InChI=1S/C14H22N2O3/c17-13(18)11-8-15(9-11)14(19)16-7-3-5-10-4-1-2-6-12(10)16/h10-12H,1-9H2,(H,17,18)/t10-,12-/m1/s1. The van der Waals surface area contributed by atoms with E-state index in [1.54, 1.807) is 4.90 Å². The maximum Gasteiger partial charge on any atom is 0.320 e. The highest BCUT2D eigenvalue weighted by Crippen LogP contribution is 2.36. The predicted octanol–water partition coefficient (Wildman–Crippen LogP) is 1.78. The molecule has 2 aliphatic heterocycles. The van der Waals surface area contributed by atoms with Gasteiger partial charge in [-0.2, -0.15) is 0 Å². The number of rotatable bonds is 1. The second-order valence-electron chi connectivity index (χ2n) is 6.17. The molecule has 1 N–H and O–H groups in total. The molecule has 2 heterocycles. The van der Waals surface area contributed by atoms with Gasteiger partial charge in [0.2, 0.25) is 0 Å². The van der Waals surface area contributed by atoms with Crippen molar-refractivity contribution in [2.75, 3.05) is 19.6 Å². The molecule has 1 aliphatic carbocycles. The van der Waals surface area contributed by atoms with E-state index in [1.807, 2.05) is 4.90 Å². The van der Waals surface area contributed by atoms with E-state index in [0.717, 1.165) is 19.4 Å². The third-order valence-electron chi connectivity index (χ3n) is 4.99. The van der Waals surface area contributed by atoms with E-state index < -0.39 is 5.97 Å². The van der Waals surface area contributed by atoms with E-state index in [9.17, 15) is 9.59 Å². The lowest BCUT2D eigenvalue weighted by atomic mass is 9.78. The van der Waals surface area contributed by atoms with E-state index in [1.165, 1.54) is 25.7 Å². The van der Waals surface area contributed by atoms with Crippen molar-refractivity contribution in [1.82, 2.24) is 9.80 Å². The van der Waals surface area contributed by atoms with Crippen LogP contribution in [0.15, 0.2) is 0 Å². The SMILES string of the molecule is O=C(O)C1CN(C(=O)N2CCC[C@H]3CCCC[C@H]32)C1. The number of urea groups is 1. The molecule has 2 atom stereocenters. The Balaban J connectivity index is 1.61. The summed E-state index contributed by atoms with van der Waals surface area (Å²) in [6.07, 6.45) is 7.27. The van der Waals surface area contributed by atoms with Gasteiger partial charge in [0, 0.05) is 25.7 Å². The summed E-state index contributed by atoms with van der Waals surface area (Å²) in [5.74, 6) is -0.447. The summed E-state index contributed by atoms with van der Waals surface area (Å²) in [6.45, 7) is 1.64. The fourth-order valence-corrected chi connectivity index (χ4v) is 3.83. The van der Waals surface area contributed by atoms with Crippen LogP contribution in [-0.2, 0) is 4.79 Å². The van der Waals surface area contributed by atoms with Crippen LogP contribution in [0.3, 0.4) is 0 Å². The lowest BCUT2D eigenvalue weighted by molar-refractivity contribution is -0.146. The quantitative estimate of drug-likeness (QED) is 0.787. The van der Waals surface area contributed by atoms with Crippen LogP contribution in [0.4, 0.5) is 4.79 Å². The molecule has 1 saturated carbocycles. The topological polar surface area (TPSA) is 60.9 Å². The zero-order valence-corrected chi connectivity index (χ0v) is 11.3. The minimum Gasteiger partial charge on any atom is -0.481 e. The van der Waals surface area contributed by atoms with Crippen molar-refractivity contribution in [2.24, 2.45) is 11.8 Å². The van der Waals surface area contributed by atoms with Gasteiger partial charge in [-0.3, -0.25) is 4.79 Å². The second-order valence-corrected chi connectivity index (χ2v) is 6.17. The Hall–Kier alpha value is -1.26. The third kappa shape index (κ3) is 2.30. The van der Waals surface area contributed by atoms with Gasteiger partial charge in [0.05, 0.1) is 5.92 Å². The lowest BCUT2D eigenvalue weighted by Crippen LogP contribution is -2.61. The summed E-state index contributed by atoms with van der Waals surface area (Å²) in [6, 6.07) is 0.493. The van der Waals surface area contributed by atoms with Crippen LogP contribution in [0.5, 0.6) is 0 Å². The average Bonchev–Trinajstić information content (AvgIpc) is 2.35. The number of hydrogen-bond acceptors (Lipinski definition) is 2. The number of fused-ring (bicyclic) bond motifs is 1. The summed E-state index contributed by atoms with van der Waals surface area (Å²) in [7, 11) is 0. The zero-order valence-electron chi connectivity index (χ0n) is 11.3. The number of carboxylic acid groups (broad SMARTS) is 1. The highest BCUT2D eigenvalue weighted by atomic mass is 16.4. The highest BCUT2D eigenvalue weighted by molar-refractivity contribution is 5.80. The summed E-state index contributed by atoms with van der Waals surface area (Å²) >= 11 is 0. The smallest absolute Gasteiger partial charge is 0.320 e. The molecule has 0 aromatic carbocycles. The van der Waals surface area contributed by atoms with Crippen LogP contribution in [0.2, 0.25) is 0 Å². The number of piperidine rings is 1. The molecule has 106 valence electrons. The molecule has 0 unspecified atom stereocenters. The van der Waals surface area contributed by atoms with Crippen molar-refractivity contribution in [3.05, 3.63) is 0 Å². The molecule has 0 bridgehead atoms. The van der Waals surface area contributed by atoms with Gasteiger partial charge in [-0.25, -0.2) is 4.79 Å². The van der Waals surface area contributed by atoms with Gasteiger partial charge in [0.25, 0.3) is 0 Å². The Kier molecular flexibility index (Phi) is 3.37. The molecule has 0 spiro atoms. The molecule has 2 amide bonds. The Morgan fingerprint density at radius 1 is 1.00 bits per heavy atom.